The molecule has 142 valence electrons. The average molecular weight is 377 g/mol. The molecule has 2 aliphatic rings. The predicted octanol–water partition coefficient (Wildman–Crippen LogP) is 1.69. The highest BCUT2D eigenvalue weighted by molar-refractivity contribution is 6.21. The van der Waals surface area contributed by atoms with Gasteiger partial charge in [0.05, 0.1) is 11.8 Å². The standard InChI is InChI=1S/C20H19N5O3/c26-16-11-17(24-18(27)13-8-4-5-9-14(13)19(24)28)25-20(22-16)21-15(23-25)10-12-6-2-1-3-7-12/h1-3,6-7,11,13-14H,4-5,8-10H2,(H,21,22,23,26). The molecular weight excluding hydrogens is 358 g/mol. The number of carbonyl (C=O) groups excluding carboxylic acids is 2. The third-order valence-electron chi connectivity index (χ3n) is 5.64. The van der Waals surface area contributed by atoms with E-state index < -0.39 is 5.56 Å². The van der Waals surface area contributed by atoms with Gasteiger partial charge in [0.15, 0.2) is 11.6 Å². The second kappa shape index (κ2) is 6.40. The predicted molar refractivity (Wildman–Crippen MR) is 101 cm³/mol. The van der Waals surface area contributed by atoms with Gasteiger partial charge in [0.1, 0.15) is 0 Å². The number of hydrogen-bond donors (Lipinski definition) is 1. The van der Waals surface area contributed by atoms with Crippen molar-refractivity contribution in [1.29, 1.82) is 0 Å². The number of carbonyl (C=O) groups is 2. The number of aromatic amines is 1. The van der Waals surface area contributed by atoms with Gasteiger partial charge in [-0.15, -0.1) is 5.10 Å². The van der Waals surface area contributed by atoms with Crippen molar-refractivity contribution in [1.82, 2.24) is 19.6 Å². The molecular formula is C20H19N5O3. The molecule has 2 fully saturated rings. The molecule has 1 saturated carbocycles. The lowest BCUT2D eigenvalue weighted by atomic mass is 9.81. The number of hydrogen-bond acceptors (Lipinski definition) is 5. The third kappa shape index (κ3) is 2.64. The van der Waals surface area contributed by atoms with Gasteiger partial charge in [-0.05, 0) is 18.4 Å². The summed E-state index contributed by atoms with van der Waals surface area (Å²) in [6.07, 6.45) is 3.81. The molecule has 1 aromatic carbocycles. The Kier molecular flexibility index (Phi) is 3.85. The van der Waals surface area contributed by atoms with Crippen molar-refractivity contribution in [2.24, 2.45) is 11.8 Å². The van der Waals surface area contributed by atoms with E-state index in [1.54, 1.807) is 0 Å². The van der Waals surface area contributed by atoms with Crippen molar-refractivity contribution in [3.05, 3.63) is 58.1 Å². The Morgan fingerprint density at radius 3 is 2.36 bits per heavy atom. The van der Waals surface area contributed by atoms with Crippen LogP contribution in [0.5, 0.6) is 0 Å². The van der Waals surface area contributed by atoms with Gasteiger partial charge < -0.3 is 0 Å². The first-order valence-corrected chi connectivity index (χ1v) is 9.52. The van der Waals surface area contributed by atoms with Crippen molar-refractivity contribution in [2.45, 2.75) is 32.1 Å². The van der Waals surface area contributed by atoms with Crippen LogP contribution in [-0.4, -0.2) is 31.4 Å². The monoisotopic (exact) mass is 377 g/mol. The number of fused-ring (bicyclic) bond motifs is 2. The van der Waals surface area contributed by atoms with E-state index in [4.69, 9.17) is 0 Å². The Balaban J connectivity index is 1.58. The molecule has 2 aromatic heterocycles. The van der Waals surface area contributed by atoms with Gasteiger partial charge in [-0.2, -0.15) is 9.50 Å². The van der Waals surface area contributed by atoms with Crippen LogP contribution in [-0.2, 0) is 16.0 Å². The van der Waals surface area contributed by atoms with E-state index in [-0.39, 0.29) is 35.2 Å². The van der Waals surface area contributed by atoms with E-state index in [1.165, 1.54) is 10.6 Å². The zero-order valence-corrected chi connectivity index (χ0v) is 15.2. The molecule has 28 heavy (non-hydrogen) atoms. The fourth-order valence-electron chi connectivity index (χ4n) is 4.32. The molecule has 3 heterocycles. The Hall–Kier alpha value is -3.29. The molecule has 1 aliphatic carbocycles. The number of aromatic nitrogens is 4. The highest BCUT2D eigenvalue weighted by Gasteiger charge is 2.49. The number of rotatable bonds is 3. The maximum Gasteiger partial charge on any atom is 0.254 e. The fraction of sp³-hybridized carbons (Fsp3) is 0.350. The third-order valence-corrected chi connectivity index (χ3v) is 5.64. The highest BCUT2D eigenvalue weighted by atomic mass is 16.2. The van der Waals surface area contributed by atoms with Crippen LogP contribution in [0.25, 0.3) is 5.78 Å². The van der Waals surface area contributed by atoms with E-state index >= 15 is 0 Å². The van der Waals surface area contributed by atoms with Crippen LogP contribution in [0.15, 0.2) is 41.2 Å². The highest BCUT2D eigenvalue weighted by Crippen LogP contribution is 2.39. The van der Waals surface area contributed by atoms with Crippen LogP contribution in [0.2, 0.25) is 0 Å². The van der Waals surface area contributed by atoms with E-state index in [1.807, 2.05) is 30.3 Å². The molecule has 5 rings (SSSR count). The summed E-state index contributed by atoms with van der Waals surface area (Å²) in [5, 5.41) is 4.47. The molecule has 0 bridgehead atoms. The second-order valence-electron chi connectivity index (χ2n) is 7.43. The summed E-state index contributed by atoms with van der Waals surface area (Å²) in [5.74, 6) is -0.140. The minimum absolute atomic E-state index is 0.176. The maximum absolute atomic E-state index is 12.9. The van der Waals surface area contributed by atoms with E-state index in [0.717, 1.165) is 23.3 Å². The lowest BCUT2D eigenvalue weighted by Gasteiger charge is -2.19. The van der Waals surface area contributed by atoms with Crippen LogP contribution in [0.3, 0.4) is 0 Å². The van der Waals surface area contributed by atoms with Gasteiger partial charge in [-0.1, -0.05) is 43.2 Å². The van der Waals surface area contributed by atoms with Crippen molar-refractivity contribution in [2.75, 3.05) is 4.90 Å². The summed E-state index contributed by atoms with van der Waals surface area (Å²) in [7, 11) is 0. The normalized spacial score (nSPS) is 22.1. The quantitative estimate of drug-likeness (QED) is 0.700. The number of benzene rings is 1. The summed E-state index contributed by atoms with van der Waals surface area (Å²) in [6.45, 7) is 0. The molecule has 3 aromatic rings. The Labute approximate surface area is 160 Å². The van der Waals surface area contributed by atoms with Gasteiger partial charge in [-0.3, -0.25) is 19.4 Å². The smallest absolute Gasteiger partial charge is 0.254 e. The largest absolute Gasteiger partial charge is 0.291 e. The number of amides is 2. The van der Waals surface area contributed by atoms with Gasteiger partial charge in [0, 0.05) is 12.5 Å². The molecule has 2 amide bonds. The number of imide groups is 1. The van der Waals surface area contributed by atoms with Crippen LogP contribution in [0.4, 0.5) is 5.82 Å². The second-order valence-corrected chi connectivity index (χ2v) is 7.43. The van der Waals surface area contributed by atoms with Gasteiger partial charge in [0.2, 0.25) is 17.6 Å². The minimum atomic E-state index is -0.420. The summed E-state index contributed by atoms with van der Waals surface area (Å²) in [5.41, 5.74) is 0.610. The van der Waals surface area contributed by atoms with Gasteiger partial charge >= 0.3 is 0 Å². The van der Waals surface area contributed by atoms with E-state index in [9.17, 15) is 14.4 Å². The Morgan fingerprint density at radius 2 is 1.68 bits per heavy atom. The SMILES string of the molecule is O=C1C2CCCCC2C(=O)N1c1cc(=O)[nH]c2nc(Cc3ccccc3)nn12. The molecule has 1 aliphatic heterocycles. The summed E-state index contributed by atoms with van der Waals surface area (Å²) in [4.78, 5) is 46.2. The van der Waals surface area contributed by atoms with Crippen LogP contribution in [0, 0.1) is 11.8 Å². The number of nitrogens with zero attached hydrogens (tertiary/aromatic N) is 4. The molecule has 0 radical (unpaired) electrons. The van der Waals surface area contributed by atoms with Crippen molar-refractivity contribution >= 4 is 23.4 Å². The lowest BCUT2D eigenvalue weighted by Crippen LogP contribution is -2.34. The fourth-order valence-corrected chi connectivity index (χ4v) is 4.32. The molecule has 2 unspecified atom stereocenters. The first kappa shape index (κ1) is 16.9. The van der Waals surface area contributed by atoms with E-state index in [0.29, 0.717) is 25.1 Å². The van der Waals surface area contributed by atoms with Crippen LogP contribution in [0.1, 0.15) is 37.1 Å². The number of nitrogens with one attached hydrogen (secondary N) is 1. The Morgan fingerprint density at radius 1 is 1.00 bits per heavy atom. The number of anilines is 1. The minimum Gasteiger partial charge on any atom is -0.291 e. The Bertz CT molecular complexity index is 1110. The van der Waals surface area contributed by atoms with E-state index in [2.05, 4.69) is 15.1 Å². The molecule has 1 saturated heterocycles. The lowest BCUT2D eigenvalue weighted by molar-refractivity contribution is -0.122. The van der Waals surface area contributed by atoms with Gasteiger partial charge in [0.25, 0.3) is 5.56 Å². The molecule has 0 spiro atoms. The molecule has 1 N–H and O–H groups in total. The number of H-pyrrole nitrogens is 1. The van der Waals surface area contributed by atoms with Crippen molar-refractivity contribution in [3.63, 3.8) is 0 Å². The zero-order valence-electron chi connectivity index (χ0n) is 15.2. The summed E-state index contributed by atoms with van der Waals surface area (Å²) in [6, 6.07) is 11.0. The first-order chi connectivity index (χ1) is 13.6. The molecule has 8 heteroatoms. The maximum atomic E-state index is 12.9. The average Bonchev–Trinajstić information content (AvgIpc) is 3.21. The van der Waals surface area contributed by atoms with Crippen molar-refractivity contribution in [3.8, 4) is 0 Å². The van der Waals surface area contributed by atoms with Gasteiger partial charge in [-0.25, -0.2) is 4.90 Å². The first-order valence-electron chi connectivity index (χ1n) is 9.52. The van der Waals surface area contributed by atoms with Crippen LogP contribution >= 0.6 is 0 Å². The summed E-state index contributed by atoms with van der Waals surface area (Å²) < 4.78 is 1.40. The van der Waals surface area contributed by atoms with Crippen LogP contribution < -0.4 is 10.5 Å². The summed E-state index contributed by atoms with van der Waals surface area (Å²) >= 11 is 0. The molecule has 2 atom stereocenters. The topological polar surface area (TPSA) is 100 Å². The zero-order chi connectivity index (χ0) is 19.3. The van der Waals surface area contributed by atoms with Crippen molar-refractivity contribution < 1.29 is 9.59 Å². The molecule has 8 nitrogen and oxygen atoms in total.